The number of nitrogens with zero attached hydrogens (tertiary/aromatic N) is 1. The molecular formula is C24H22N2O2. The number of aromatic nitrogens is 1. The van der Waals surface area contributed by atoms with Gasteiger partial charge in [-0.15, -0.1) is 0 Å². The van der Waals surface area contributed by atoms with Crippen molar-refractivity contribution in [2.75, 3.05) is 0 Å². The quantitative estimate of drug-likeness (QED) is 0.633. The standard InChI is InChI=1S/C24H22N2O2/c1-16-11-12-18(22(27)15-16)24(19-8-5-7-17(2)23(19)28)13-6-10-21(26-24)20-9-3-4-14-25-20/h3-15,26-28H,1-2H3. The highest BCUT2D eigenvalue weighted by Crippen LogP contribution is 2.44. The fourth-order valence-corrected chi connectivity index (χ4v) is 3.67. The van der Waals surface area contributed by atoms with Crippen molar-refractivity contribution >= 4 is 5.70 Å². The van der Waals surface area contributed by atoms with Gasteiger partial charge in [0.1, 0.15) is 17.0 Å². The summed E-state index contributed by atoms with van der Waals surface area (Å²) in [5.74, 6) is 0.363. The summed E-state index contributed by atoms with van der Waals surface area (Å²) in [4.78, 5) is 4.44. The third kappa shape index (κ3) is 2.93. The number of phenols is 2. The van der Waals surface area contributed by atoms with Gasteiger partial charge in [-0.3, -0.25) is 4.98 Å². The van der Waals surface area contributed by atoms with Gasteiger partial charge < -0.3 is 15.5 Å². The second-order valence-electron chi connectivity index (χ2n) is 7.08. The van der Waals surface area contributed by atoms with Gasteiger partial charge in [-0.05, 0) is 55.3 Å². The minimum absolute atomic E-state index is 0.167. The molecule has 3 aromatic rings. The maximum absolute atomic E-state index is 10.9. The number of pyridine rings is 1. The van der Waals surface area contributed by atoms with Gasteiger partial charge >= 0.3 is 0 Å². The molecule has 0 amide bonds. The second kappa shape index (κ2) is 6.89. The van der Waals surface area contributed by atoms with Crippen molar-refractivity contribution < 1.29 is 10.2 Å². The van der Waals surface area contributed by atoms with Crippen LogP contribution >= 0.6 is 0 Å². The van der Waals surface area contributed by atoms with Crippen LogP contribution in [0.5, 0.6) is 11.5 Å². The molecule has 4 rings (SSSR count). The number of hydrogen-bond donors (Lipinski definition) is 3. The molecule has 0 saturated heterocycles. The van der Waals surface area contributed by atoms with E-state index in [-0.39, 0.29) is 11.5 Å². The average Bonchev–Trinajstić information content (AvgIpc) is 2.70. The topological polar surface area (TPSA) is 65.4 Å². The van der Waals surface area contributed by atoms with Crippen LogP contribution in [-0.4, -0.2) is 15.2 Å². The van der Waals surface area contributed by atoms with E-state index >= 15 is 0 Å². The molecule has 2 aromatic carbocycles. The van der Waals surface area contributed by atoms with Crippen LogP contribution in [0, 0.1) is 13.8 Å². The Kier molecular flexibility index (Phi) is 4.40. The number of hydrogen-bond acceptors (Lipinski definition) is 4. The summed E-state index contributed by atoms with van der Waals surface area (Å²) in [6, 6.07) is 17.0. The molecule has 4 nitrogen and oxygen atoms in total. The lowest BCUT2D eigenvalue weighted by Gasteiger charge is -2.38. The highest BCUT2D eigenvalue weighted by atomic mass is 16.3. The van der Waals surface area contributed by atoms with Crippen molar-refractivity contribution in [3.05, 3.63) is 107 Å². The summed E-state index contributed by atoms with van der Waals surface area (Å²) in [5.41, 5.74) is 3.73. The number of benzene rings is 2. The third-order valence-corrected chi connectivity index (χ3v) is 5.12. The lowest BCUT2D eigenvalue weighted by atomic mass is 9.78. The number of dihydropyridines is 1. The molecule has 1 aliphatic rings. The summed E-state index contributed by atoms with van der Waals surface area (Å²) < 4.78 is 0. The largest absolute Gasteiger partial charge is 0.508 e. The summed E-state index contributed by atoms with van der Waals surface area (Å²) >= 11 is 0. The van der Waals surface area contributed by atoms with E-state index in [0.717, 1.165) is 22.5 Å². The van der Waals surface area contributed by atoms with Gasteiger partial charge in [0, 0.05) is 17.3 Å². The first-order chi connectivity index (χ1) is 13.5. The molecule has 1 atom stereocenters. The van der Waals surface area contributed by atoms with Crippen LogP contribution in [0.1, 0.15) is 27.9 Å². The molecule has 1 aliphatic heterocycles. The maximum atomic E-state index is 10.9. The van der Waals surface area contributed by atoms with Gasteiger partial charge in [0.25, 0.3) is 0 Å². The van der Waals surface area contributed by atoms with E-state index in [0.29, 0.717) is 11.1 Å². The van der Waals surface area contributed by atoms with Gasteiger partial charge in [0.2, 0.25) is 0 Å². The molecule has 0 saturated carbocycles. The molecule has 0 radical (unpaired) electrons. The highest BCUT2D eigenvalue weighted by molar-refractivity contribution is 5.70. The van der Waals surface area contributed by atoms with Crippen molar-refractivity contribution in [3.8, 4) is 11.5 Å². The summed E-state index contributed by atoms with van der Waals surface area (Å²) in [7, 11) is 0. The van der Waals surface area contributed by atoms with Crippen LogP contribution in [-0.2, 0) is 5.54 Å². The molecule has 1 aromatic heterocycles. The molecule has 140 valence electrons. The minimum atomic E-state index is -0.935. The monoisotopic (exact) mass is 370 g/mol. The normalized spacial score (nSPS) is 18.4. The van der Waals surface area contributed by atoms with E-state index in [2.05, 4.69) is 10.3 Å². The first kappa shape index (κ1) is 17.9. The Balaban J connectivity index is 1.95. The van der Waals surface area contributed by atoms with Crippen LogP contribution in [0.2, 0.25) is 0 Å². The zero-order valence-electron chi connectivity index (χ0n) is 15.8. The molecular weight excluding hydrogens is 348 g/mol. The fourth-order valence-electron chi connectivity index (χ4n) is 3.67. The van der Waals surface area contributed by atoms with Crippen molar-refractivity contribution in [1.29, 1.82) is 0 Å². The number of phenolic OH excluding ortho intramolecular Hbond substituents is 2. The van der Waals surface area contributed by atoms with Gasteiger partial charge in [0.05, 0.1) is 11.4 Å². The van der Waals surface area contributed by atoms with E-state index in [9.17, 15) is 10.2 Å². The van der Waals surface area contributed by atoms with Crippen LogP contribution < -0.4 is 5.32 Å². The van der Waals surface area contributed by atoms with Gasteiger partial charge in [-0.1, -0.05) is 42.5 Å². The zero-order chi connectivity index (χ0) is 19.7. The Morgan fingerprint density at radius 2 is 1.79 bits per heavy atom. The molecule has 0 bridgehead atoms. The number of aromatic hydroxyl groups is 2. The SMILES string of the molecule is Cc1ccc(C2(c3cccc(C)c3O)C=CC=C(c3ccccn3)N2)c(O)c1. The van der Waals surface area contributed by atoms with Crippen LogP contribution in [0.4, 0.5) is 0 Å². The van der Waals surface area contributed by atoms with Crippen molar-refractivity contribution in [1.82, 2.24) is 10.3 Å². The first-order valence-corrected chi connectivity index (χ1v) is 9.19. The Hall–Kier alpha value is -3.53. The smallest absolute Gasteiger partial charge is 0.124 e. The Morgan fingerprint density at radius 3 is 2.54 bits per heavy atom. The molecule has 1 unspecified atom stereocenters. The van der Waals surface area contributed by atoms with Gasteiger partial charge in [-0.25, -0.2) is 0 Å². The first-order valence-electron chi connectivity index (χ1n) is 9.19. The third-order valence-electron chi connectivity index (χ3n) is 5.12. The summed E-state index contributed by atoms with van der Waals surface area (Å²) in [6.45, 7) is 3.80. The molecule has 28 heavy (non-hydrogen) atoms. The maximum Gasteiger partial charge on any atom is 0.124 e. The molecule has 0 fully saturated rings. The van der Waals surface area contributed by atoms with E-state index in [1.54, 1.807) is 12.3 Å². The van der Waals surface area contributed by atoms with Crippen molar-refractivity contribution in [3.63, 3.8) is 0 Å². The van der Waals surface area contributed by atoms with Crippen molar-refractivity contribution in [2.45, 2.75) is 19.4 Å². The number of aryl methyl sites for hydroxylation is 2. The summed E-state index contributed by atoms with van der Waals surface area (Å²) in [6.07, 6.45) is 7.57. The molecule has 0 spiro atoms. The van der Waals surface area contributed by atoms with Crippen LogP contribution in [0.25, 0.3) is 5.70 Å². The molecule has 2 heterocycles. The Bertz CT molecular complexity index is 1090. The predicted molar refractivity (Wildman–Crippen MR) is 111 cm³/mol. The van der Waals surface area contributed by atoms with Crippen LogP contribution in [0.15, 0.2) is 79.0 Å². The number of para-hydroxylation sites is 1. The predicted octanol–water partition coefficient (Wildman–Crippen LogP) is 4.55. The lowest BCUT2D eigenvalue weighted by molar-refractivity contribution is 0.425. The molecule has 3 N–H and O–H groups in total. The van der Waals surface area contributed by atoms with E-state index in [1.165, 1.54) is 0 Å². The van der Waals surface area contributed by atoms with Crippen LogP contribution in [0.3, 0.4) is 0 Å². The van der Waals surface area contributed by atoms with Gasteiger partial charge in [0.15, 0.2) is 0 Å². The number of rotatable bonds is 3. The van der Waals surface area contributed by atoms with Crippen molar-refractivity contribution in [2.24, 2.45) is 0 Å². The van der Waals surface area contributed by atoms with E-state index < -0.39 is 5.54 Å². The zero-order valence-corrected chi connectivity index (χ0v) is 15.8. The number of allylic oxidation sites excluding steroid dienone is 2. The second-order valence-corrected chi connectivity index (χ2v) is 7.08. The Labute approximate surface area is 164 Å². The average molecular weight is 370 g/mol. The van der Waals surface area contributed by atoms with Gasteiger partial charge in [-0.2, -0.15) is 0 Å². The highest BCUT2D eigenvalue weighted by Gasteiger charge is 2.38. The number of nitrogens with one attached hydrogen (secondary N) is 1. The molecule has 4 heteroatoms. The fraction of sp³-hybridized carbons (Fsp3) is 0.125. The Morgan fingerprint density at radius 1 is 0.929 bits per heavy atom. The molecule has 0 aliphatic carbocycles. The van der Waals surface area contributed by atoms with E-state index in [1.807, 2.05) is 80.6 Å². The lowest BCUT2D eigenvalue weighted by Crippen LogP contribution is -2.42. The van der Waals surface area contributed by atoms with E-state index in [4.69, 9.17) is 0 Å². The summed E-state index contributed by atoms with van der Waals surface area (Å²) in [5, 5.41) is 25.2. The minimum Gasteiger partial charge on any atom is -0.508 e.